The van der Waals surface area contributed by atoms with Gasteiger partial charge in [-0.1, -0.05) is 18.2 Å². The number of nitrogens with zero attached hydrogens (tertiary/aromatic N) is 2. The number of hydrogen-bond donors (Lipinski definition) is 3. The molecular weight excluding hydrogens is 310 g/mol. The lowest BCUT2D eigenvalue weighted by Crippen LogP contribution is -2.29. The van der Waals surface area contributed by atoms with Gasteiger partial charge >= 0.3 is 0 Å². The molecule has 0 saturated heterocycles. The molecule has 2 aromatic heterocycles. The SMILES string of the molecule is c1cnc2c(c1)CCCC2NCCCNCc1nc2ccccc2[nH]1. The third-order valence-corrected chi connectivity index (χ3v) is 4.85. The van der Waals surface area contributed by atoms with Crippen molar-refractivity contribution in [1.82, 2.24) is 25.6 Å². The van der Waals surface area contributed by atoms with Crippen molar-refractivity contribution < 1.29 is 0 Å². The van der Waals surface area contributed by atoms with E-state index in [2.05, 4.69) is 37.7 Å². The lowest BCUT2D eigenvalue weighted by molar-refractivity contribution is 0.440. The highest BCUT2D eigenvalue weighted by molar-refractivity contribution is 5.74. The lowest BCUT2D eigenvalue weighted by Gasteiger charge is -2.25. The van der Waals surface area contributed by atoms with Crippen LogP contribution in [0, 0.1) is 0 Å². The van der Waals surface area contributed by atoms with Gasteiger partial charge in [-0.3, -0.25) is 4.98 Å². The largest absolute Gasteiger partial charge is 0.341 e. The maximum Gasteiger partial charge on any atom is 0.121 e. The minimum absolute atomic E-state index is 0.417. The molecule has 1 aliphatic carbocycles. The quantitative estimate of drug-likeness (QED) is 0.581. The first-order valence-corrected chi connectivity index (χ1v) is 9.22. The fourth-order valence-electron chi connectivity index (χ4n) is 3.59. The van der Waals surface area contributed by atoms with E-state index in [1.807, 2.05) is 30.5 Å². The molecule has 0 bridgehead atoms. The maximum absolute atomic E-state index is 4.59. The van der Waals surface area contributed by atoms with Crippen molar-refractivity contribution in [3.8, 4) is 0 Å². The molecule has 3 N–H and O–H groups in total. The Morgan fingerprint density at radius 2 is 2.08 bits per heavy atom. The Labute approximate surface area is 148 Å². The Bertz CT molecular complexity index is 793. The fourth-order valence-corrected chi connectivity index (χ4v) is 3.59. The number of rotatable bonds is 7. The van der Waals surface area contributed by atoms with Crippen molar-refractivity contribution >= 4 is 11.0 Å². The number of aryl methyl sites for hydroxylation is 1. The van der Waals surface area contributed by atoms with Gasteiger partial charge in [0.25, 0.3) is 0 Å². The van der Waals surface area contributed by atoms with Gasteiger partial charge in [-0.25, -0.2) is 4.98 Å². The second kappa shape index (κ2) is 7.76. The lowest BCUT2D eigenvalue weighted by atomic mass is 9.92. The normalized spacial score (nSPS) is 16.9. The van der Waals surface area contributed by atoms with Gasteiger partial charge in [-0.2, -0.15) is 0 Å². The van der Waals surface area contributed by atoms with Crippen LogP contribution in [0.15, 0.2) is 42.6 Å². The molecule has 0 amide bonds. The highest BCUT2D eigenvalue weighted by Crippen LogP contribution is 2.27. The summed E-state index contributed by atoms with van der Waals surface area (Å²) in [6.45, 7) is 2.77. The summed E-state index contributed by atoms with van der Waals surface area (Å²) in [6, 6.07) is 12.8. The molecule has 0 radical (unpaired) electrons. The zero-order valence-electron chi connectivity index (χ0n) is 14.5. The van der Waals surface area contributed by atoms with Crippen LogP contribution in [0.5, 0.6) is 0 Å². The Morgan fingerprint density at radius 1 is 1.12 bits per heavy atom. The number of para-hydroxylation sites is 2. The van der Waals surface area contributed by atoms with Crippen LogP contribution >= 0.6 is 0 Å². The summed E-state index contributed by atoms with van der Waals surface area (Å²) < 4.78 is 0. The van der Waals surface area contributed by atoms with Gasteiger partial charge in [0.2, 0.25) is 0 Å². The van der Waals surface area contributed by atoms with Crippen molar-refractivity contribution in [1.29, 1.82) is 0 Å². The number of pyridine rings is 1. The molecule has 3 aromatic rings. The summed E-state index contributed by atoms with van der Waals surface area (Å²) in [5.74, 6) is 1.000. The van der Waals surface area contributed by atoms with E-state index in [0.717, 1.165) is 42.9 Å². The summed E-state index contributed by atoms with van der Waals surface area (Å²) >= 11 is 0. The molecule has 5 nitrogen and oxygen atoms in total. The molecule has 0 fully saturated rings. The predicted molar refractivity (Wildman–Crippen MR) is 100 cm³/mol. The van der Waals surface area contributed by atoms with E-state index in [-0.39, 0.29) is 0 Å². The first kappa shape index (κ1) is 16.2. The van der Waals surface area contributed by atoms with E-state index in [9.17, 15) is 0 Å². The van der Waals surface area contributed by atoms with E-state index in [1.165, 1.54) is 30.5 Å². The van der Waals surface area contributed by atoms with Gasteiger partial charge < -0.3 is 15.6 Å². The highest BCUT2D eigenvalue weighted by Gasteiger charge is 2.20. The minimum atomic E-state index is 0.417. The third kappa shape index (κ3) is 3.89. The second-order valence-electron chi connectivity index (χ2n) is 6.68. The smallest absolute Gasteiger partial charge is 0.121 e. The molecule has 4 rings (SSSR count). The number of imidazole rings is 1. The maximum atomic E-state index is 4.59. The first-order chi connectivity index (χ1) is 12.4. The van der Waals surface area contributed by atoms with E-state index in [0.29, 0.717) is 6.04 Å². The zero-order chi connectivity index (χ0) is 16.9. The van der Waals surface area contributed by atoms with E-state index in [1.54, 1.807) is 0 Å². The molecular formula is C20H25N5. The number of H-pyrrole nitrogens is 1. The van der Waals surface area contributed by atoms with Gasteiger partial charge in [0.1, 0.15) is 5.82 Å². The number of benzene rings is 1. The highest BCUT2D eigenvalue weighted by atomic mass is 15.0. The predicted octanol–water partition coefficient (Wildman–Crippen LogP) is 3.10. The average Bonchev–Trinajstić information content (AvgIpc) is 3.07. The Hall–Kier alpha value is -2.24. The second-order valence-corrected chi connectivity index (χ2v) is 6.68. The van der Waals surface area contributed by atoms with Crippen LogP contribution in [-0.4, -0.2) is 28.0 Å². The van der Waals surface area contributed by atoms with E-state index < -0.39 is 0 Å². The fraction of sp³-hybridized carbons (Fsp3) is 0.400. The topological polar surface area (TPSA) is 65.6 Å². The van der Waals surface area contributed by atoms with Crippen molar-refractivity contribution in [2.24, 2.45) is 0 Å². The molecule has 0 aliphatic heterocycles. The Kier molecular flexibility index (Phi) is 5.04. The Morgan fingerprint density at radius 3 is 3.04 bits per heavy atom. The van der Waals surface area contributed by atoms with Crippen LogP contribution in [0.25, 0.3) is 11.0 Å². The van der Waals surface area contributed by atoms with Crippen LogP contribution < -0.4 is 10.6 Å². The van der Waals surface area contributed by atoms with Crippen molar-refractivity contribution in [3.05, 3.63) is 59.7 Å². The molecule has 25 heavy (non-hydrogen) atoms. The molecule has 2 heterocycles. The molecule has 1 atom stereocenters. The zero-order valence-corrected chi connectivity index (χ0v) is 14.5. The van der Waals surface area contributed by atoms with Gasteiger partial charge in [0.05, 0.1) is 23.3 Å². The summed E-state index contributed by atoms with van der Waals surface area (Å²) in [6.07, 6.45) is 6.62. The third-order valence-electron chi connectivity index (χ3n) is 4.85. The number of hydrogen-bond acceptors (Lipinski definition) is 4. The van der Waals surface area contributed by atoms with Crippen LogP contribution in [0.2, 0.25) is 0 Å². The van der Waals surface area contributed by atoms with E-state index in [4.69, 9.17) is 0 Å². The number of aromatic nitrogens is 3. The Balaban J connectivity index is 1.19. The minimum Gasteiger partial charge on any atom is -0.341 e. The van der Waals surface area contributed by atoms with E-state index >= 15 is 0 Å². The van der Waals surface area contributed by atoms with Crippen LogP contribution in [-0.2, 0) is 13.0 Å². The first-order valence-electron chi connectivity index (χ1n) is 9.22. The van der Waals surface area contributed by atoms with Crippen LogP contribution in [0.4, 0.5) is 0 Å². The summed E-state index contributed by atoms with van der Waals surface area (Å²) in [5, 5.41) is 7.14. The molecule has 0 spiro atoms. The van der Waals surface area contributed by atoms with Crippen LogP contribution in [0.3, 0.4) is 0 Å². The molecule has 5 heteroatoms. The average molecular weight is 335 g/mol. The number of aromatic amines is 1. The standard InChI is InChI=1S/C20H25N5/c1-2-9-17-16(8-1)24-19(25-17)14-21-11-5-13-22-18-10-3-6-15-7-4-12-23-20(15)18/h1-2,4,7-9,12,18,21-22H,3,5-6,10-11,13-14H2,(H,24,25). The molecule has 1 aromatic carbocycles. The van der Waals surface area contributed by atoms with Crippen LogP contribution in [0.1, 0.15) is 42.4 Å². The van der Waals surface area contributed by atoms with Gasteiger partial charge in [-0.15, -0.1) is 0 Å². The summed E-state index contributed by atoms with van der Waals surface area (Å²) in [5.41, 5.74) is 4.80. The van der Waals surface area contributed by atoms with Crippen molar-refractivity contribution in [2.45, 2.75) is 38.3 Å². The molecule has 1 aliphatic rings. The summed E-state index contributed by atoms with van der Waals surface area (Å²) in [7, 11) is 0. The van der Waals surface area contributed by atoms with Crippen molar-refractivity contribution in [3.63, 3.8) is 0 Å². The van der Waals surface area contributed by atoms with Gasteiger partial charge in [0, 0.05) is 12.2 Å². The number of fused-ring (bicyclic) bond motifs is 2. The monoisotopic (exact) mass is 335 g/mol. The molecule has 130 valence electrons. The summed E-state index contributed by atoms with van der Waals surface area (Å²) in [4.78, 5) is 12.5. The number of nitrogens with one attached hydrogen (secondary N) is 3. The molecule has 0 saturated carbocycles. The van der Waals surface area contributed by atoms with Gasteiger partial charge in [0.15, 0.2) is 0 Å². The van der Waals surface area contributed by atoms with Crippen molar-refractivity contribution in [2.75, 3.05) is 13.1 Å². The van der Waals surface area contributed by atoms with Gasteiger partial charge in [-0.05, 0) is 62.5 Å². The molecule has 1 unspecified atom stereocenters.